The van der Waals surface area contributed by atoms with Crippen molar-refractivity contribution in [1.29, 1.82) is 0 Å². The lowest BCUT2D eigenvalue weighted by Gasteiger charge is -2.13. The highest BCUT2D eigenvalue weighted by Gasteiger charge is 2.33. The van der Waals surface area contributed by atoms with E-state index in [-0.39, 0.29) is 12.1 Å². The van der Waals surface area contributed by atoms with Crippen molar-refractivity contribution in [3.8, 4) is 0 Å². The molecule has 0 saturated carbocycles. The number of para-hydroxylation sites is 1. The van der Waals surface area contributed by atoms with E-state index in [1.165, 1.54) is 18.2 Å². The first-order chi connectivity index (χ1) is 10.4. The van der Waals surface area contributed by atoms with E-state index < -0.39 is 17.6 Å². The molecular formula is C17H16F3NO. The lowest BCUT2D eigenvalue weighted by molar-refractivity contribution is -0.137. The smallest absolute Gasteiger partial charge is 0.325 e. The zero-order valence-electron chi connectivity index (χ0n) is 12.1. The van der Waals surface area contributed by atoms with Gasteiger partial charge in [0.2, 0.25) is 5.91 Å². The van der Waals surface area contributed by atoms with Gasteiger partial charge in [-0.2, -0.15) is 13.2 Å². The lowest BCUT2D eigenvalue weighted by Crippen LogP contribution is -2.18. The topological polar surface area (TPSA) is 29.1 Å². The summed E-state index contributed by atoms with van der Waals surface area (Å²) in [5.74, 6) is -0.471. The molecule has 0 spiro atoms. The average Bonchev–Trinajstić information content (AvgIpc) is 2.47. The SMILES string of the molecule is CCc1ccc(CC(=O)Nc2ccccc2C(F)(F)F)cc1. The summed E-state index contributed by atoms with van der Waals surface area (Å²) in [5, 5.41) is 2.34. The second-order valence-electron chi connectivity index (χ2n) is 4.94. The Balaban J connectivity index is 2.09. The number of carbonyl (C=O) groups is 1. The molecule has 2 nitrogen and oxygen atoms in total. The van der Waals surface area contributed by atoms with Crippen molar-refractivity contribution in [2.24, 2.45) is 0 Å². The molecule has 0 aliphatic heterocycles. The van der Waals surface area contributed by atoms with Gasteiger partial charge in [0.05, 0.1) is 17.7 Å². The predicted octanol–water partition coefficient (Wildman–Crippen LogP) is 4.45. The fraction of sp³-hybridized carbons (Fsp3) is 0.235. The van der Waals surface area contributed by atoms with Crippen LogP contribution in [0.2, 0.25) is 0 Å². The van der Waals surface area contributed by atoms with Gasteiger partial charge in [-0.05, 0) is 29.7 Å². The van der Waals surface area contributed by atoms with Gasteiger partial charge in [0.15, 0.2) is 0 Å². The fourth-order valence-corrected chi connectivity index (χ4v) is 2.11. The number of rotatable bonds is 4. The van der Waals surface area contributed by atoms with Crippen LogP contribution in [0.3, 0.4) is 0 Å². The zero-order valence-corrected chi connectivity index (χ0v) is 12.1. The molecule has 2 rings (SSSR count). The van der Waals surface area contributed by atoms with Crippen LogP contribution in [-0.4, -0.2) is 5.91 Å². The number of aryl methyl sites for hydroxylation is 1. The van der Waals surface area contributed by atoms with E-state index in [2.05, 4.69) is 5.32 Å². The van der Waals surface area contributed by atoms with E-state index in [4.69, 9.17) is 0 Å². The molecule has 0 fully saturated rings. The molecule has 2 aromatic carbocycles. The molecule has 116 valence electrons. The van der Waals surface area contributed by atoms with Gasteiger partial charge >= 0.3 is 6.18 Å². The second kappa shape index (κ2) is 6.64. The lowest BCUT2D eigenvalue weighted by atomic mass is 10.1. The van der Waals surface area contributed by atoms with Gasteiger partial charge in [0.1, 0.15) is 0 Å². The third-order valence-electron chi connectivity index (χ3n) is 3.30. The molecule has 0 unspecified atom stereocenters. The summed E-state index contributed by atoms with van der Waals surface area (Å²) in [6.07, 6.45) is -3.56. The summed E-state index contributed by atoms with van der Waals surface area (Å²) in [7, 11) is 0. The van der Waals surface area contributed by atoms with Crippen LogP contribution >= 0.6 is 0 Å². The Morgan fingerprint density at radius 2 is 1.59 bits per heavy atom. The molecule has 0 atom stereocenters. The number of benzene rings is 2. The first kappa shape index (κ1) is 16.1. The highest BCUT2D eigenvalue weighted by atomic mass is 19.4. The van der Waals surface area contributed by atoms with Gasteiger partial charge in [0.25, 0.3) is 0 Å². The van der Waals surface area contributed by atoms with Crippen molar-refractivity contribution in [1.82, 2.24) is 0 Å². The van der Waals surface area contributed by atoms with Gasteiger partial charge in [-0.15, -0.1) is 0 Å². The monoisotopic (exact) mass is 307 g/mol. The molecule has 1 amide bonds. The minimum absolute atomic E-state index is 0.0379. The fourth-order valence-electron chi connectivity index (χ4n) is 2.11. The molecule has 22 heavy (non-hydrogen) atoms. The van der Waals surface area contributed by atoms with Gasteiger partial charge in [-0.1, -0.05) is 43.3 Å². The van der Waals surface area contributed by atoms with Gasteiger partial charge in [-0.25, -0.2) is 0 Å². The number of amides is 1. The first-order valence-corrected chi connectivity index (χ1v) is 6.94. The minimum atomic E-state index is -4.49. The number of alkyl halides is 3. The minimum Gasteiger partial charge on any atom is -0.325 e. The average molecular weight is 307 g/mol. The Kier molecular flexibility index (Phi) is 4.85. The van der Waals surface area contributed by atoms with Crippen molar-refractivity contribution < 1.29 is 18.0 Å². The van der Waals surface area contributed by atoms with Crippen LogP contribution in [0, 0.1) is 0 Å². The van der Waals surface area contributed by atoms with Crippen LogP contribution in [0.15, 0.2) is 48.5 Å². The molecule has 0 bridgehead atoms. The summed E-state index contributed by atoms with van der Waals surface area (Å²) >= 11 is 0. The summed E-state index contributed by atoms with van der Waals surface area (Å²) in [6.45, 7) is 2.02. The second-order valence-corrected chi connectivity index (χ2v) is 4.94. The number of halogens is 3. The Morgan fingerprint density at radius 1 is 1.00 bits per heavy atom. The molecular weight excluding hydrogens is 291 g/mol. The predicted molar refractivity (Wildman–Crippen MR) is 79.6 cm³/mol. The van der Waals surface area contributed by atoms with Gasteiger partial charge in [0, 0.05) is 0 Å². The molecule has 5 heteroatoms. The first-order valence-electron chi connectivity index (χ1n) is 6.94. The van der Waals surface area contributed by atoms with E-state index >= 15 is 0 Å². The van der Waals surface area contributed by atoms with Crippen molar-refractivity contribution in [2.75, 3.05) is 5.32 Å². The number of carbonyl (C=O) groups excluding carboxylic acids is 1. The van der Waals surface area contributed by atoms with E-state index in [1.807, 2.05) is 31.2 Å². The molecule has 1 N–H and O–H groups in total. The van der Waals surface area contributed by atoms with E-state index in [0.29, 0.717) is 0 Å². The summed E-state index contributed by atoms with van der Waals surface area (Å²) in [5.41, 5.74) is 0.848. The van der Waals surface area contributed by atoms with E-state index in [9.17, 15) is 18.0 Å². The maximum Gasteiger partial charge on any atom is 0.418 e. The van der Waals surface area contributed by atoms with Gasteiger partial charge in [-0.3, -0.25) is 4.79 Å². The highest BCUT2D eigenvalue weighted by Crippen LogP contribution is 2.34. The van der Waals surface area contributed by atoms with Crippen LogP contribution in [0.25, 0.3) is 0 Å². The van der Waals surface area contributed by atoms with E-state index in [0.717, 1.165) is 23.6 Å². The Morgan fingerprint density at radius 3 is 2.18 bits per heavy atom. The van der Waals surface area contributed by atoms with Crippen LogP contribution in [0.5, 0.6) is 0 Å². The van der Waals surface area contributed by atoms with Crippen LogP contribution in [0.1, 0.15) is 23.6 Å². The zero-order chi connectivity index (χ0) is 16.2. The third-order valence-corrected chi connectivity index (χ3v) is 3.30. The standard InChI is InChI=1S/C17H16F3NO/c1-2-12-7-9-13(10-8-12)11-16(22)21-15-6-4-3-5-14(15)17(18,19)20/h3-10H,2,11H2,1H3,(H,21,22). The third kappa shape index (κ3) is 4.10. The molecule has 0 saturated heterocycles. The summed E-state index contributed by atoms with van der Waals surface area (Å²) in [4.78, 5) is 11.9. The number of anilines is 1. The summed E-state index contributed by atoms with van der Waals surface area (Å²) in [6, 6.07) is 12.4. The molecule has 0 aliphatic rings. The Hall–Kier alpha value is -2.30. The van der Waals surface area contributed by atoms with Gasteiger partial charge < -0.3 is 5.32 Å². The molecule has 0 heterocycles. The van der Waals surface area contributed by atoms with Crippen molar-refractivity contribution in [3.63, 3.8) is 0 Å². The summed E-state index contributed by atoms with van der Waals surface area (Å²) < 4.78 is 38.6. The van der Waals surface area contributed by atoms with Crippen LogP contribution in [-0.2, 0) is 23.8 Å². The Labute approximate surface area is 127 Å². The molecule has 2 aromatic rings. The van der Waals surface area contributed by atoms with Crippen LogP contribution < -0.4 is 5.32 Å². The number of hydrogen-bond donors (Lipinski definition) is 1. The molecule has 0 aromatic heterocycles. The van der Waals surface area contributed by atoms with Crippen molar-refractivity contribution >= 4 is 11.6 Å². The normalized spacial score (nSPS) is 11.3. The van der Waals surface area contributed by atoms with Crippen LogP contribution in [0.4, 0.5) is 18.9 Å². The largest absolute Gasteiger partial charge is 0.418 e. The van der Waals surface area contributed by atoms with E-state index in [1.54, 1.807) is 0 Å². The van der Waals surface area contributed by atoms with Crippen molar-refractivity contribution in [2.45, 2.75) is 25.9 Å². The number of nitrogens with one attached hydrogen (secondary N) is 1. The number of hydrogen-bond acceptors (Lipinski definition) is 1. The maximum absolute atomic E-state index is 12.9. The Bertz CT molecular complexity index is 648. The molecule has 0 aliphatic carbocycles. The maximum atomic E-state index is 12.9. The van der Waals surface area contributed by atoms with Crippen molar-refractivity contribution in [3.05, 3.63) is 65.2 Å². The highest BCUT2D eigenvalue weighted by molar-refractivity contribution is 5.93. The molecule has 0 radical (unpaired) electrons. The quantitative estimate of drug-likeness (QED) is 0.888.